The molecule has 1 aromatic carbocycles. The van der Waals surface area contributed by atoms with Crippen LogP contribution < -0.4 is 11.1 Å². The highest BCUT2D eigenvalue weighted by Crippen LogP contribution is 2.16. The third kappa shape index (κ3) is 6.24. The van der Waals surface area contributed by atoms with Crippen LogP contribution in [0.1, 0.15) is 28.8 Å². The highest BCUT2D eigenvalue weighted by atomic mass is 127. The predicted octanol–water partition coefficient (Wildman–Crippen LogP) is 3.25. The monoisotopic (exact) mass is 476 g/mol. The third-order valence-electron chi connectivity index (χ3n) is 3.35. The number of aliphatic imine (C=N–C) groups is 1. The summed E-state index contributed by atoms with van der Waals surface area (Å²) in [5.74, 6) is 0.836. The molecular formula is C17H22ClIN4O2. The van der Waals surface area contributed by atoms with Crippen molar-refractivity contribution in [1.82, 2.24) is 10.2 Å². The first-order chi connectivity index (χ1) is 11.5. The molecule has 1 heterocycles. The van der Waals surface area contributed by atoms with Crippen LogP contribution in [0, 0.1) is 0 Å². The lowest BCUT2D eigenvalue weighted by molar-refractivity contribution is 0.0972. The van der Waals surface area contributed by atoms with Gasteiger partial charge < -0.3 is 20.4 Å². The maximum atomic E-state index is 11.1. The van der Waals surface area contributed by atoms with Crippen molar-refractivity contribution >= 4 is 47.4 Å². The summed E-state index contributed by atoms with van der Waals surface area (Å²) in [5.41, 5.74) is 6.19. The number of nitrogens with one attached hydrogen (secondary N) is 1. The van der Waals surface area contributed by atoms with Crippen molar-refractivity contribution in [3.63, 3.8) is 0 Å². The Labute approximate surface area is 169 Å². The smallest absolute Gasteiger partial charge is 0.284 e. The molecule has 0 aliphatic rings. The number of furan rings is 1. The average Bonchev–Trinajstić information content (AvgIpc) is 3.02. The van der Waals surface area contributed by atoms with Gasteiger partial charge in [0.15, 0.2) is 11.7 Å². The Balaban J connectivity index is 0.00000312. The summed E-state index contributed by atoms with van der Waals surface area (Å²) in [5, 5.41) is 3.94. The van der Waals surface area contributed by atoms with E-state index in [4.69, 9.17) is 21.8 Å². The Bertz CT molecular complexity index is 733. The number of guanidine groups is 1. The third-order valence-corrected chi connectivity index (χ3v) is 3.72. The van der Waals surface area contributed by atoms with Crippen LogP contribution in [0.2, 0.25) is 5.02 Å². The number of carbonyl (C=O) groups excluding carboxylic acids is 1. The lowest BCUT2D eigenvalue weighted by Gasteiger charge is -2.22. The zero-order valence-corrected chi connectivity index (χ0v) is 17.2. The molecule has 0 radical (unpaired) electrons. The maximum absolute atomic E-state index is 11.1. The van der Waals surface area contributed by atoms with Gasteiger partial charge in [-0.3, -0.25) is 4.79 Å². The summed E-state index contributed by atoms with van der Waals surface area (Å²) >= 11 is 6.21. The molecule has 0 atom stereocenters. The molecule has 3 N–H and O–H groups in total. The van der Waals surface area contributed by atoms with Gasteiger partial charge in [0.05, 0.1) is 0 Å². The SMILES string of the molecule is CCNC(=NCc1ccc(C(N)=O)o1)N(C)Cc1ccccc1Cl.I. The number of carbonyl (C=O) groups is 1. The van der Waals surface area contributed by atoms with Gasteiger partial charge in [0.1, 0.15) is 12.3 Å². The summed E-state index contributed by atoms with van der Waals surface area (Å²) in [6.07, 6.45) is 0. The predicted molar refractivity (Wildman–Crippen MR) is 110 cm³/mol. The van der Waals surface area contributed by atoms with E-state index in [1.165, 1.54) is 0 Å². The minimum Gasteiger partial charge on any atom is -0.454 e. The fourth-order valence-corrected chi connectivity index (χ4v) is 2.37. The number of nitrogens with two attached hydrogens (primary N) is 1. The molecule has 0 aliphatic heterocycles. The molecule has 2 aromatic rings. The molecular weight excluding hydrogens is 455 g/mol. The van der Waals surface area contributed by atoms with Gasteiger partial charge in [-0.05, 0) is 30.7 Å². The van der Waals surface area contributed by atoms with Gasteiger partial charge in [0, 0.05) is 25.2 Å². The topological polar surface area (TPSA) is 83.9 Å². The van der Waals surface area contributed by atoms with Gasteiger partial charge >= 0.3 is 0 Å². The van der Waals surface area contributed by atoms with E-state index in [1.54, 1.807) is 12.1 Å². The van der Waals surface area contributed by atoms with Crippen molar-refractivity contribution in [3.8, 4) is 0 Å². The Morgan fingerprint density at radius 2 is 2.04 bits per heavy atom. The van der Waals surface area contributed by atoms with Gasteiger partial charge in [0.25, 0.3) is 5.91 Å². The summed E-state index contributed by atoms with van der Waals surface area (Å²) in [4.78, 5) is 17.6. The standard InChI is InChI=1S/C17H21ClN4O2.HI/c1-3-20-17(21-10-13-8-9-15(24-13)16(19)23)22(2)11-12-6-4-5-7-14(12)18;/h4-9H,3,10-11H2,1-2H3,(H2,19,23)(H,20,21);1H. The molecule has 8 heteroatoms. The van der Waals surface area contributed by atoms with Crippen molar-refractivity contribution in [2.75, 3.05) is 13.6 Å². The van der Waals surface area contributed by atoms with Gasteiger partial charge in [-0.15, -0.1) is 24.0 Å². The second-order valence-corrected chi connectivity index (χ2v) is 5.66. The van der Waals surface area contributed by atoms with Crippen LogP contribution in [0.3, 0.4) is 0 Å². The van der Waals surface area contributed by atoms with E-state index in [1.807, 2.05) is 43.1 Å². The van der Waals surface area contributed by atoms with E-state index < -0.39 is 5.91 Å². The molecule has 1 aromatic heterocycles. The molecule has 0 fully saturated rings. The molecule has 0 spiro atoms. The van der Waals surface area contributed by atoms with Crippen LogP contribution in [0.5, 0.6) is 0 Å². The Morgan fingerprint density at radius 1 is 1.32 bits per heavy atom. The average molecular weight is 477 g/mol. The minimum atomic E-state index is -0.590. The summed E-state index contributed by atoms with van der Waals surface area (Å²) in [7, 11) is 1.93. The number of rotatable bonds is 6. The molecule has 0 bridgehead atoms. The highest BCUT2D eigenvalue weighted by molar-refractivity contribution is 14.0. The van der Waals surface area contributed by atoms with Crippen molar-refractivity contribution in [2.24, 2.45) is 10.7 Å². The molecule has 136 valence electrons. The number of hydrogen-bond donors (Lipinski definition) is 2. The molecule has 1 amide bonds. The largest absolute Gasteiger partial charge is 0.454 e. The number of nitrogens with zero attached hydrogens (tertiary/aromatic N) is 2. The first kappa shape index (κ1) is 21.3. The van der Waals surface area contributed by atoms with E-state index in [9.17, 15) is 4.79 Å². The molecule has 6 nitrogen and oxygen atoms in total. The molecule has 0 aliphatic carbocycles. The number of halogens is 2. The molecule has 2 rings (SSSR count). The molecule has 0 saturated carbocycles. The molecule has 25 heavy (non-hydrogen) atoms. The fourth-order valence-electron chi connectivity index (χ4n) is 2.17. The van der Waals surface area contributed by atoms with Crippen LogP contribution >= 0.6 is 35.6 Å². The lowest BCUT2D eigenvalue weighted by atomic mass is 10.2. The zero-order valence-electron chi connectivity index (χ0n) is 14.2. The number of amides is 1. The number of primary amides is 1. The van der Waals surface area contributed by atoms with Gasteiger partial charge in [-0.2, -0.15) is 0 Å². The molecule has 0 saturated heterocycles. The normalized spacial score (nSPS) is 10.9. The van der Waals surface area contributed by atoms with Crippen molar-refractivity contribution < 1.29 is 9.21 Å². The highest BCUT2D eigenvalue weighted by Gasteiger charge is 2.10. The first-order valence-corrected chi connectivity index (χ1v) is 8.00. The Morgan fingerprint density at radius 3 is 2.64 bits per heavy atom. The van der Waals surface area contributed by atoms with Crippen molar-refractivity contribution in [3.05, 3.63) is 58.5 Å². The van der Waals surface area contributed by atoms with Gasteiger partial charge in [-0.25, -0.2) is 4.99 Å². The summed E-state index contributed by atoms with van der Waals surface area (Å²) < 4.78 is 5.34. The second kappa shape index (κ2) is 10.3. The molecule has 0 unspecified atom stereocenters. The van der Waals surface area contributed by atoms with Crippen molar-refractivity contribution in [1.29, 1.82) is 0 Å². The van der Waals surface area contributed by atoms with Crippen LogP contribution in [0.25, 0.3) is 0 Å². The van der Waals surface area contributed by atoms with Crippen molar-refractivity contribution in [2.45, 2.75) is 20.0 Å². The minimum absolute atomic E-state index is 0. The Hall–Kier alpha value is -1.74. The van der Waals surface area contributed by atoms with E-state index in [0.29, 0.717) is 18.8 Å². The number of hydrogen-bond acceptors (Lipinski definition) is 3. The van der Waals surface area contributed by atoms with E-state index in [2.05, 4.69) is 10.3 Å². The first-order valence-electron chi connectivity index (χ1n) is 7.62. The zero-order chi connectivity index (χ0) is 17.5. The maximum Gasteiger partial charge on any atom is 0.284 e. The van der Waals surface area contributed by atoms with Crippen LogP contribution in [-0.2, 0) is 13.1 Å². The Kier molecular flexibility index (Phi) is 8.77. The quantitative estimate of drug-likeness (QED) is 0.381. The fraction of sp³-hybridized carbons (Fsp3) is 0.294. The van der Waals surface area contributed by atoms with E-state index in [0.717, 1.165) is 23.1 Å². The van der Waals surface area contributed by atoms with Gasteiger partial charge in [0.2, 0.25) is 0 Å². The summed E-state index contributed by atoms with van der Waals surface area (Å²) in [6, 6.07) is 10.9. The van der Waals surface area contributed by atoms with Crippen LogP contribution in [0.4, 0.5) is 0 Å². The van der Waals surface area contributed by atoms with E-state index in [-0.39, 0.29) is 29.7 Å². The summed E-state index contributed by atoms with van der Waals surface area (Å²) in [6.45, 7) is 3.66. The van der Waals surface area contributed by atoms with E-state index >= 15 is 0 Å². The van der Waals surface area contributed by atoms with Gasteiger partial charge in [-0.1, -0.05) is 29.8 Å². The van der Waals surface area contributed by atoms with Crippen LogP contribution in [-0.4, -0.2) is 30.4 Å². The lowest BCUT2D eigenvalue weighted by Crippen LogP contribution is -2.38. The van der Waals surface area contributed by atoms with Crippen LogP contribution in [0.15, 0.2) is 45.8 Å². The number of benzene rings is 1. The second-order valence-electron chi connectivity index (χ2n) is 5.25.